The van der Waals surface area contributed by atoms with Crippen LogP contribution in [0.4, 0.5) is 13.2 Å². The summed E-state index contributed by atoms with van der Waals surface area (Å²) in [6.45, 7) is 1.83. The summed E-state index contributed by atoms with van der Waals surface area (Å²) in [6, 6.07) is 7.50. The lowest BCUT2D eigenvalue weighted by atomic mass is 10.0. The van der Waals surface area contributed by atoms with Crippen LogP contribution in [0.25, 0.3) is 22.8 Å². The maximum Gasteiger partial charge on any atom is 0.417 e. The molecule has 0 radical (unpaired) electrons. The number of pyridine rings is 1. The molecule has 0 aliphatic rings. The van der Waals surface area contributed by atoms with E-state index in [-0.39, 0.29) is 24.8 Å². The first kappa shape index (κ1) is 23.0. The van der Waals surface area contributed by atoms with Crippen molar-refractivity contribution in [1.29, 1.82) is 0 Å². The molecule has 34 heavy (non-hydrogen) atoms. The Kier molecular flexibility index (Phi) is 6.05. The first-order valence-corrected chi connectivity index (χ1v) is 10.0. The molecule has 0 bridgehead atoms. The Bertz CT molecular complexity index is 1330. The molecule has 176 valence electrons. The molecule has 12 heteroatoms. The summed E-state index contributed by atoms with van der Waals surface area (Å²) in [7, 11) is 1.68. The standard InChI is InChI=1S/C22H19F3N6O3/c1-12-5-13(8-18(26)32)7-14(6-12)20-29-21(34-30-20)16-10-28-31(2)17(16)11-33-19-4-3-15(9-27-19)22(23,24)25/h3-7,9-10H,8,11H2,1-2H3,(H2,26,32). The Labute approximate surface area is 191 Å². The number of carbonyl (C=O) groups is 1. The van der Waals surface area contributed by atoms with E-state index in [1.807, 2.05) is 19.1 Å². The van der Waals surface area contributed by atoms with E-state index in [1.54, 1.807) is 13.1 Å². The summed E-state index contributed by atoms with van der Waals surface area (Å²) >= 11 is 0. The van der Waals surface area contributed by atoms with Gasteiger partial charge in [0.25, 0.3) is 5.89 Å². The smallest absolute Gasteiger partial charge is 0.417 e. The van der Waals surface area contributed by atoms with Crippen LogP contribution in [0.1, 0.15) is 22.4 Å². The van der Waals surface area contributed by atoms with Crippen molar-refractivity contribution in [1.82, 2.24) is 24.9 Å². The van der Waals surface area contributed by atoms with Crippen LogP contribution >= 0.6 is 0 Å². The zero-order valence-corrected chi connectivity index (χ0v) is 18.1. The molecule has 0 saturated carbocycles. The van der Waals surface area contributed by atoms with Crippen molar-refractivity contribution in [2.75, 3.05) is 0 Å². The van der Waals surface area contributed by atoms with E-state index < -0.39 is 17.6 Å². The molecule has 0 unspecified atom stereocenters. The molecule has 0 spiro atoms. The number of ether oxygens (including phenoxy) is 1. The molecule has 4 rings (SSSR count). The molecule has 0 atom stereocenters. The third kappa shape index (κ3) is 5.05. The number of aromatic nitrogens is 5. The molecule has 1 amide bonds. The van der Waals surface area contributed by atoms with E-state index in [4.69, 9.17) is 15.0 Å². The van der Waals surface area contributed by atoms with Gasteiger partial charge in [-0.3, -0.25) is 9.48 Å². The Morgan fingerprint density at radius 3 is 2.68 bits per heavy atom. The number of hydrogen-bond donors (Lipinski definition) is 1. The largest absolute Gasteiger partial charge is 0.471 e. The van der Waals surface area contributed by atoms with Crippen LogP contribution in [0.3, 0.4) is 0 Å². The monoisotopic (exact) mass is 472 g/mol. The lowest BCUT2D eigenvalue weighted by Gasteiger charge is -2.09. The van der Waals surface area contributed by atoms with Crippen molar-refractivity contribution < 1.29 is 27.2 Å². The van der Waals surface area contributed by atoms with E-state index in [0.29, 0.717) is 28.8 Å². The van der Waals surface area contributed by atoms with Gasteiger partial charge in [-0.25, -0.2) is 4.98 Å². The van der Waals surface area contributed by atoms with E-state index in [1.165, 1.54) is 10.9 Å². The number of primary amides is 1. The SMILES string of the molecule is Cc1cc(CC(N)=O)cc(-c2noc(-c3cnn(C)c3COc3ccc(C(F)(F)F)cn3)n2)c1. The highest BCUT2D eigenvalue weighted by Gasteiger charge is 2.30. The lowest BCUT2D eigenvalue weighted by Crippen LogP contribution is -2.13. The number of amides is 1. The fourth-order valence-corrected chi connectivity index (χ4v) is 3.33. The number of nitrogens with zero attached hydrogens (tertiary/aromatic N) is 5. The zero-order valence-electron chi connectivity index (χ0n) is 18.1. The van der Waals surface area contributed by atoms with Crippen LogP contribution in [-0.2, 0) is 31.0 Å². The number of halogens is 3. The molecule has 9 nitrogen and oxygen atoms in total. The second-order valence-corrected chi connectivity index (χ2v) is 7.57. The van der Waals surface area contributed by atoms with E-state index in [2.05, 4.69) is 20.2 Å². The summed E-state index contributed by atoms with van der Waals surface area (Å²) in [4.78, 5) is 19.4. The van der Waals surface area contributed by atoms with E-state index in [9.17, 15) is 18.0 Å². The molecule has 0 saturated heterocycles. The van der Waals surface area contributed by atoms with E-state index >= 15 is 0 Å². The van der Waals surface area contributed by atoms with Crippen molar-refractivity contribution in [2.24, 2.45) is 12.8 Å². The van der Waals surface area contributed by atoms with Crippen LogP contribution in [0, 0.1) is 6.92 Å². The van der Waals surface area contributed by atoms with Gasteiger partial charge in [0.15, 0.2) is 0 Å². The number of nitrogens with two attached hydrogens (primary N) is 1. The van der Waals surface area contributed by atoms with Gasteiger partial charge in [-0.15, -0.1) is 0 Å². The quantitative estimate of drug-likeness (QED) is 0.437. The summed E-state index contributed by atoms with van der Waals surface area (Å²) in [5.74, 6) is 0.0607. The number of aryl methyl sites for hydroxylation is 2. The summed E-state index contributed by atoms with van der Waals surface area (Å²) in [6.07, 6.45) is -2.17. The van der Waals surface area contributed by atoms with Crippen molar-refractivity contribution >= 4 is 5.91 Å². The van der Waals surface area contributed by atoms with Gasteiger partial charge in [-0.2, -0.15) is 23.3 Å². The van der Waals surface area contributed by atoms with Crippen LogP contribution in [0.15, 0.2) is 47.2 Å². The highest BCUT2D eigenvalue weighted by atomic mass is 19.4. The van der Waals surface area contributed by atoms with Gasteiger partial charge in [0.05, 0.1) is 29.4 Å². The fourth-order valence-electron chi connectivity index (χ4n) is 3.33. The molecular weight excluding hydrogens is 453 g/mol. The zero-order chi connectivity index (χ0) is 24.5. The number of benzene rings is 1. The Balaban J connectivity index is 1.55. The fraction of sp³-hybridized carbons (Fsp3) is 0.227. The minimum atomic E-state index is -4.48. The lowest BCUT2D eigenvalue weighted by molar-refractivity contribution is -0.137. The molecule has 2 N–H and O–H groups in total. The van der Waals surface area contributed by atoms with Crippen molar-refractivity contribution in [3.05, 3.63) is 65.1 Å². The molecular formula is C22H19F3N6O3. The second kappa shape index (κ2) is 8.96. The Morgan fingerprint density at radius 1 is 1.21 bits per heavy atom. The van der Waals surface area contributed by atoms with Crippen LogP contribution in [0.2, 0.25) is 0 Å². The van der Waals surface area contributed by atoms with E-state index in [0.717, 1.165) is 23.3 Å². The predicted molar refractivity (Wildman–Crippen MR) is 113 cm³/mol. The number of hydrogen-bond acceptors (Lipinski definition) is 7. The maximum atomic E-state index is 12.7. The van der Waals surface area contributed by atoms with Gasteiger partial charge in [-0.05, 0) is 30.7 Å². The van der Waals surface area contributed by atoms with Gasteiger partial charge in [0.1, 0.15) is 6.61 Å². The third-order valence-corrected chi connectivity index (χ3v) is 4.91. The van der Waals surface area contributed by atoms with Gasteiger partial charge in [0.2, 0.25) is 17.6 Å². The summed E-state index contributed by atoms with van der Waals surface area (Å²) in [5.41, 5.74) is 7.77. The first-order valence-electron chi connectivity index (χ1n) is 10.0. The van der Waals surface area contributed by atoms with Crippen molar-refractivity contribution in [3.63, 3.8) is 0 Å². The predicted octanol–water partition coefficient (Wildman–Crippen LogP) is 3.47. The topological polar surface area (TPSA) is 122 Å². The van der Waals surface area contributed by atoms with Crippen LogP contribution in [0.5, 0.6) is 5.88 Å². The highest BCUT2D eigenvalue weighted by Crippen LogP contribution is 2.30. The second-order valence-electron chi connectivity index (χ2n) is 7.57. The highest BCUT2D eigenvalue weighted by molar-refractivity contribution is 5.77. The molecule has 0 aliphatic heterocycles. The first-order chi connectivity index (χ1) is 16.1. The van der Waals surface area contributed by atoms with Gasteiger partial charge in [-0.1, -0.05) is 16.8 Å². The molecule has 0 fully saturated rings. The van der Waals surface area contributed by atoms with Gasteiger partial charge in [0, 0.05) is 24.9 Å². The van der Waals surface area contributed by atoms with Gasteiger partial charge >= 0.3 is 6.18 Å². The number of carbonyl (C=O) groups excluding carboxylic acids is 1. The minimum Gasteiger partial charge on any atom is -0.471 e. The summed E-state index contributed by atoms with van der Waals surface area (Å²) < 4.78 is 50.6. The average Bonchev–Trinajstić information content (AvgIpc) is 3.38. The molecule has 1 aromatic carbocycles. The Morgan fingerprint density at radius 2 is 2.00 bits per heavy atom. The molecule has 4 aromatic rings. The number of alkyl halides is 3. The Hall–Kier alpha value is -4.22. The molecule has 3 heterocycles. The summed E-state index contributed by atoms with van der Waals surface area (Å²) in [5, 5.41) is 8.21. The van der Waals surface area contributed by atoms with Crippen molar-refractivity contribution in [2.45, 2.75) is 26.1 Å². The van der Waals surface area contributed by atoms with Crippen molar-refractivity contribution in [3.8, 4) is 28.7 Å². The normalized spacial score (nSPS) is 11.6. The minimum absolute atomic E-state index is 0.0214. The maximum absolute atomic E-state index is 12.7. The molecule has 0 aliphatic carbocycles. The molecule has 3 aromatic heterocycles. The average molecular weight is 472 g/mol. The van der Waals surface area contributed by atoms with Crippen LogP contribution in [-0.4, -0.2) is 30.8 Å². The van der Waals surface area contributed by atoms with Crippen LogP contribution < -0.4 is 10.5 Å². The third-order valence-electron chi connectivity index (χ3n) is 4.91. The number of rotatable bonds is 7. The van der Waals surface area contributed by atoms with Gasteiger partial charge < -0.3 is 15.0 Å².